The number of hydrogen-bond acceptors (Lipinski definition) is 4. The van der Waals surface area contributed by atoms with Crippen molar-refractivity contribution in [1.29, 1.82) is 0 Å². The minimum absolute atomic E-state index is 0.151. The predicted octanol–water partition coefficient (Wildman–Crippen LogP) is 2.64. The summed E-state index contributed by atoms with van der Waals surface area (Å²) in [5.74, 6) is -1.02. The molecule has 24 heavy (non-hydrogen) atoms. The molecule has 0 fully saturated rings. The maximum Gasteiger partial charge on any atom is 0.335 e. The van der Waals surface area contributed by atoms with E-state index in [-0.39, 0.29) is 23.7 Å². The molecule has 3 rings (SSSR count). The van der Waals surface area contributed by atoms with E-state index in [1.54, 1.807) is 24.3 Å². The van der Waals surface area contributed by atoms with E-state index in [2.05, 4.69) is 0 Å². The number of hydrogen-bond donors (Lipinski definition) is 1. The zero-order chi connectivity index (χ0) is 17.5. The van der Waals surface area contributed by atoms with Crippen molar-refractivity contribution in [2.75, 3.05) is 18.6 Å². The summed E-state index contributed by atoms with van der Waals surface area (Å²) in [6.07, 6.45) is 0. The summed E-state index contributed by atoms with van der Waals surface area (Å²) >= 11 is 5.95. The normalized spacial score (nSPS) is 16.7. The van der Waals surface area contributed by atoms with Gasteiger partial charge in [-0.25, -0.2) is 13.2 Å². The highest BCUT2D eigenvalue weighted by Crippen LogP contribution is 2.34. The van der Waals surface area contributed by atoms with Gasteiger partial charge in [0.25, 0.3) is 0 Å². The van der Waals surface area contributed by atoms with Crippen molar-refractivity contribution < 1.29 is 18.3 Å². The molecule has 0 saturated heterocycles. The van der Waals surface area contributed by atoms with Gasteiger partial charge in [0, 0.05) is 18.6 Å². The van der Waals surface area contributed by atoms with Crippen molar-refractivity contribution in [2.24, 2.45) is 0 Å². The fourth-order valence-electron chi connectivity index (χ4n) is 2.63. The Hall–Kier alpha value is -2.09. The average Bonchev–Trinajstić information content (AvgIpc) is 2.53. The molecule has 6 nitrogen and oxygen atoms in total. The molecule has 126 valence electrons. The Bertz CT molecular complexity index is 897. The Morgan fingerprint density at radius 2 is 1.88 bits per heavy atom. The lowest BCUT2D eigenvalue weighted by atomic mass is 10.1. The first kappa shape index (κ1) is 16.8. The lowest BCUT2D eigenvalue weighted by Crippen LogP contribution is -2.44. The van der Waals surface area contributed by atoms with Crippen LogP contribution in [-0.4, -0.2) is 37.5 Å². The van der Waals surface area contributed by atoms with E-state index in [9.17, 15) is 13.2 Å². The van der Waals surface area contributed by atoms with Crippen LogP contribution in [0.2, 0.25) is 5.02 Å². The first-order valence-corrected chi connectivity index (χ1v) is 8.94. The molecule has 0 aliphatic carbocycles. The van der Waals surface area contributed by atoms with E-state index in [0.717, 1.165) is 0 Å². The zero-order valence-corrected chi connectivity index (χ0v) is 14.4. The number of benzene rings is 2. The molecule has 0 saturated carbocycles. The molecule has 1 aliphatic rings. The zero-order valence-electron chi connectivity index (χ0n) is 12.8. The second kappa shape index (κ2) is 6.08. The van der Waals surface area contributed by atoms with Gasteiger partial charge < -0.3 is 10.0 Å². The van der Waals surface area contributed by atoms with Gasteiger partial charge in [-0.2, -0.15) is 4.31 Å². The molecular weight excluding hydrogens is 352 g/mol. The van der Waals surface area contributed by atoms with Crippen LogP contribution in [-0.2, 0) is 16.6 Å². The molecule has 0 bridgehead atoms. The van der Waals surface area contributed by atoms with Crippen LogP contribution in [0.25, 0.3) is 0 Å². The van der Waals surface area contributed by atoms with Crippen LogP contribution >= 0.6 is 11.6 Å². The third-order valence-corrected chi connectivity index (χ3v) is 5.92. The number of anilines is 1. The lowest BCUT2D eigenvalue weighted by molar-refractivity contribution is 0.0697. The van der Waals surface area contributed by atoms with Crippen LogP contribution in [0.1, 0.15) is 15.9 Å². The highest BCUT2D eigenvalue weighted by atomic mass is 35.5. The van der Waals surface area contributed by atoms with Gasteiger partial charge in [-0.1, -0.05) is 23.7 Å². The van der Waals surface area contributed by atoms with Gasteiger partial charge in [-0.3, -0.25) is 0 Å². The molecule has 0 atom stereocenters. The van der Waals surface area contributed by atoms with E-state index in [1.165, 1.54) is 22.5 Å². The van der Waals surface area contributed by atoms with Gasteiger partial charge in [0.15, 0.2) is 0 Å². The number of aromatic carboxylic acids is 1. The van der Waals surface area contributed by atoms with E-state index >= 15 is 0 Å². The maximum atomic E-state index is 12.8. The number of carboxylic acid groups (broad SMARTS) is 1. The second-order valence-electron chi connectivity index (χ2n) is 5.57. The van der Waals surface area contributed by atoms with Crippen LogP contribution in [0.5, 0.6) is 0 Å². The number of rotatable bonds is 3. The van der Waals surface area contributed by atoms with E-state index in [0.29, 0.717) is 16.3 Å². The molecule has 1 heterocycles. The molecule has 0 unspecified atom stereocenters. The summed E-state index contributed by atoms with van der Waals surface area (Å²) in [6, 6.07) is 11.0. The smallest absolute Gasteiger partial charge is 0.335 e. The number of nitrogens with zero attached hydrogens (tertiary/aromatic N) is 2. The van der Waals surface area contributed by atoms with E-state index < -0.39 is 16.0 Å². The third-order valence-electron chi connectivity index (χ3n) is 3.88. The molecular formula is C16H15ClN2O4S. The fourth-order valence-corrected chi connectivity index (χ4v) is 4.55. The molecule has 2 aromatic rings. The molecule has 8 heteroatoms. The minimum Gasteiger partial charge on any atom is -0.478 e. The average molecular weight is 367 g/mol. The van der Waals surface area contributed by atoms with Crippen LogP contribution in [0.3, 0.4) is 0 Å². The Kier molecular flexibility index (Phi) is 4.25. The minimum atomic E-state index is -3.67. The standard InChI is InChI=1S/C16H15ClN2O4S/c1-18-10-19(9-11-2-4-12(5-3-11)16(20)21)24(22,23)15-8-13(17)6-7-14(15)18/h2-8H,9-10H2,1H3,(H,20,21). The lowest BCUT2D eigenvalue weighted by Gasteiger charge is -2.35. The topological polar surface area (TPSA) is 77.9 Å². The Labute approximate surface area is 144 Å². The van der Waals surface area contributed by atoms with Crippen molar-refractivity contribution in [1.82, 2.24) is 4.31 Å². The van der Waals surface area contributed by atoms with Crippen LogP contribution in [0, 0.1) is 0 Å². The van der Waals surface area contributed by atoms with E-state index in [1.807, 2.05) is 11.9 Å². The summed E-state index contributed by atoms with van der Waals surface area (Å²) in [6.45, 7) is 0.357. The second-order valence-corrected chi connectivity index (χ2v) is 7.91. The van der Waals surface area contributed by atoms with Gasteiger partial charge in [-0.15, -0.1) is 0 Å². The largest absolute Gasteiger partial charge is 0.478 e. The van der Waals surface area contributed by atoms with Crippen molar-refractivity contribution >= 4 is 33.3 Å². The van der Waals surface area contributed by atoms with Crippen molar-refractivity contribution in [3.63, 3.8) is 0 Å². The number of sulfonamides is 1. The Morgan fingerprint density at radius 1 is 1.21 bits per heavy atom. The summed E-state index contributed by atoms with van der Waals surface area (Å²) in [4.78, 5) is 12.9. The Balaban J connectivity index is 1.93. The number of carbonyl (C=O) groups is 1. The number of carboxylic acids is 1. The Morgan fingerprint density at radius 3 is 2.50 bits per heavy atom. The van der Waals surface area contributed by atoms with Gasteiger partial charge >= 0.3 is 5.97 Å². The molecule has 2 aromatic carbocycles. The molecule has 1 aliphatic heterocycles. The highest BCUT2D eigenvalue weighted by Gasteiger charge is 2.34. The number of halogens is 1. The predicted molar refractivity (Wildman–Crippen MR) is 90.9 cm³/mol. The fraction of sp³-hybridized carbons (Fsp3) is 0.188. The quantitative estimate of drug-likeness (QED) is 0.903. The maximum absolute atomic E-state index is 12.8. The van der Waals surface area contributed by atoms with Crippen molar-refractivity contribution in [3.05, 3.63) is 58.6 Å². The van der Waals surface area contributed by atoms with Gasteiger partial charge in [0.2, 0.25) is 10.0 Å². The molecule has 0 radical (unpaired) electrons. The van der Waals surface area contributed by atoms with Gasteiger partial charge in [0.05, 0.1) is 17.9 Å². The van der Waals surface area contributed by atoms with E-state index in [4.69, 9.17) is 16.7 Å². The molecule has 0 amide bonds. The SMILES string of the molecule is CN1CN(Cc2ccc(C(=O)O)cc2)S(=O)(=O)c2cc(Cl)ccc21. The first-order valence-electron chi connectivity index (χ1n) is 7.12. The summed E-state index contributed by atoms with van der Waals surface area (Å²) in [5, 5.41) is 9.28. The molecule has 0 spiro atoms. The summed E-state index contributed by atoms with van der Waals surface area (Å²) in [5.41, 5.74) is 1.48. The summed E-state index contributed by atoms with van der Waals surface area (Å²) < 4.78 is 27.0. The van der Waals surface area contributed by atoms with Gasteiger partial charge in [-0.05, 0) is 35.9 Å². The third kappa shape index (κ3) is 2.98. The monoisotopic (exact) mass is 366 g/mol. The first-order chi connectivity index (χ1) is 11.3. The number of fused-ring (bicyclic) bond motifs is 1. The van der Waals surface area contributed by atoms with Crippen LogP contribution in [0.15, 0.2) is 47.4 Å². The van der Waals surface area contributed by atoms with Gasteiger partial charge in [0.1, 0.15) is 4.90 Å². The van der Waals surface area contributed by atoms with Crippen LogP contribution in [0.4, 0.5) is 5.69 Å². The van der Waals surface area contributed by atoms with Crippen molar-refractivity contribution in [3.8, 4) is 0 Å². The summed E-state index contributed by atoms with van der Waals surface area (Å²) in [7, 11) is -1.86. The highest BCUT2D eigenvalue weighted by molar-refractivity contribution is 7.89. The molecule has 1 N–H and O–H groups in total. The van der Waals surface area contributed by atoms with Crippen molar-refractivity contribution in [2.45, 2.75) is 11.4 Å². The van der Waals surface area contributed by atoms with Crippen LogP contribution < -0.4 is 4.90 Å². The molecule has 0 aromatic heterocycles.